The van der Waals surface area contributed by atoms with E-state index in [0.717, 1.165) is 0 Å². The molecule has 2 N–H and O–H groups in total. The molecule has 126 valence electrons. The fourth-order valence-corrected chi connectivity index (χ4v) is 1.83. The Morgan fingerprint density at radius 1 is 1.00 bits per heavy atom. The molecular weight excluding hydrogens is 318 g/mol. The molecule has 0 aliphatic rings. The van der Waals surface area contributed by atoms with Crippen LogP contribution in [-0.2, 0) is 16.2 Å². The number of hydrogen-bond acceptors (Lipinski definition) is 8. The van der Waals surface area contributed by atoms with Gasteiger partial charge in [0.15, 0.2) is 0 Å². The number of nitrogens with zero attached hydrogens (tertiary/aromatic N) is 1. The SMILES string of the molecule is CC(=O)Oc1ccccc1C(=O)Oc1ccc(CON(O)O)cc1. The first-order valence-corrected chi connectivity index (χ1v) is 6.85. The largest absolute Gasteiger partial charge is 0.426 e. The van der Waals surface area contributed by atoms with Crippen molar-refractivity contribution in [3.05, 3.63) is 59.7 Å². The van der Waals surface area contributed by atoms with E-state index in [2.05, 4.69) is 4.84 Å². The van der Waals surface area contributed by atoms with Crippen LogP contribution in [0.15, 0.2) is 48.5 Å². The van der Waals surface area contributed by atoms with Gasteiger partial charge in [-0.2, -0.15) is 0 Å². The van der Waals surface area contributed by atoms with Crippen LogP contribution in [0.5, 0.6) is 11.5 Å². The summed E-state index contributed by atoms with van der Waals surface area (Å²) in [4.78, 5) is 27.7. The minimum atomic E-state index is -0.673. The van der Waals surface area contributed by atoms with E-state index in [1.807, 2.05) is 0 Å². The Bertz CT molecular complexity index is 713. The molecule has 0 aromatic heterocycles. The quantitative estimate of drug-likeness (QED) is 0.471. The van der Waals surface area contributed by atoms with E-state index < -0.39 is 11.9 Å². The van der Waals surface area contributed by atoms with Crippen molar-refractivity contribution in [2.75, 3.05) is 0 Å². The van der Waals surface area contributed by atoms with Crippen molar-refractivity contribution in [1.82, 2.24) is 5.39 Å². The molecule has 0 amide bonds. The second-order valence-electron chi connectivity index (χ2n) is 4.65. The van der Waals surface area contributed by atoms with Crippen molar-refractivity contribution in [1.29, 1.82) is 0 Å². The van der Waals surface area contributed by atoms with Crippen molar-refractivity contribution >= 4 is 11.9 Å². The predicted molar refractivity (Wildman–Crippen MR) is 79.4 cm³/mol. The number of carbonyl (C=O) groups excluding carboxylic acids is 2. The number of para-hydroxylation sites is 1. The van der Waals surface area contributed by atoms with E-state index in [0.29, 0.717) is 5.56 Å². The van der Waals surface area contributed by atoms with Crippen molar-refractivity contribution in [2.45, 2.75) is 13.5 Å². The summed E-state index contributed by atoms with van der Waals surface area (Å²) >= 11 is 0. The molecular formula is C16H15NO7. The maximum Gasteiger partial charge on any atom is 0.347 e. The Morgan fingerprint density at radius 3 is 2.29 bits per heavy atom. The van der Waals surface area contributed by atoms with Gasteiger partial charge in [-0.1, -0.05) is 24.3 Å². The van der Waals surface area contributed by atoms with Crippen molar-refractivity contribution in [3.63, 3.8) is 0 Å². The third-order valence-corrected chi connectivity index (χ3v) is 2.84. The summed E-state index contributed by atoms with van der Waals surface area (Å²) < 4.78 is 10.2. The third kappa shape index (κ3) is 5.14. The Balaban J connectivity index is 2.06. The predicted octanol–water partition coefficient (Wildman–Crippen LogP) is 2.34. The van der Waals surface area contributed by atoms with Gasteiger partial charge in [-0.15, -0.1) is 0 Å². The number of esters is 2. The molecule has 0 radical (unpaired) electrons. The van der Waals surface area contributed by atoms with Gasteiger partial charge in [0.1, 0.15) is 17.1 Å². The molecule has 0 saturated heterocycles. The van der Waals surface area contributed by atoms with Crippen LogP contribution >= 0.6 is 0 Å². The minimum Gasteiger partial charge on any atom is -0.426 e. The monoisotopic (exact) mass is 333 g/mol. The second-order valence-corrected chi connectivity index (χ2v) is 4.65. The van der Waals surface area contributed by atoms with Crippen LogP contribution < -0.4 is 9.47 Å². The first-order valence-electron chi connectivity index (χ1n) is 6.85. The molecule has 2 aromatic rings. The molecule has 0 aliphatic carbocycles. The molecule has 2 rings (SSSR count). The van der Waals surface area contributed by atoms with Crippen LogP contribution in [0.3, 0.4) is 0 Å². The lowest BCUT2D eigenvalue weighted by atomic mass is 10.2. The zero-order chi connectivity index (χ0) is 17.5. The first-order chi connectivity index (χ1) is 11.5. The van der Waals surface area contributed by atoms with Gasteiger partial charge < -0.3 is 9.47 Å². The average Bonchev–Trinajstić information content (AvgIpc) is 2.54. The van der Waals surface area contributed by atoms with Crippen LogP contribution in [-0.4, -0.2) is 27.7 Å². The van der Waals surface area contributed by atoms with E-state index in [4.69, 9.17) is 19.9 Å². The Morgan fingerprint density at radius 2 is 1.67 bits per heavy atom. The number of rotatable bonds is 6. The first kappa shape index (κ1) is 17.6. The highest BCUT2D eigenvalue weighted by molar-refractivity contribution is 5.94. The normalized spacial score (nSPS) is 10.5. The van der Waals surface area contributed by atoms with Crippen LogP contribution in [0, 0.1) is 0 Å². The van der Waals surface area contributed by atoms with Crippen LogP contribution in [0.2, 0.25) is 0 Å². The summed E-state index contributed by atoms with van der Waals surface area (Å²) in [5.41, 5.74) is 0.750. The highest BCUT2D eigenvalue weighted by Crippen LogP contribution is 2.21. The van der Waals surface area contributed by atoms with Crippen molar-refractivity contribution < 1.29 is 34.3 Å². The second kappa shape index (κ2) is 8.18. The van der Waals surface area contributed by atoms with E-state index in [1.54, 1.807) is 24.3 Å². The van der Waals surface area contributed by atoms with Gasteiger partial charge in [-0.25, -0.2) is 9.63 Å². The van der Waals surface area contributed by atoms with Gasteiger partial charge in [0.2, 0.25) is 0 Å². The fraction of sp³-hybridized carbons (Fsp3) is 0.125. The minimum absolute atomic E-state index is 0.0729. The van der Waals surface area contributed by atoms with E-state index in [9.17, 15) is 9.59 Å². The Hall–Kier alpha value is -2.78. The lowest BCUT2D eigenvalue weighted by Crippen LogP contribution is -2.14. The number of hydrogen-bond donors (Lipinski definition) is 2. The number of benzene rings is 2. The summed E-state index contributed by atoms with van der Waals surface area (Å²) in [6, 6.07) is 12.4. The smallest absolute Gasteiger partial charge is 0.347 e. The molecule has 0 saturated carbocycles. The number of carbonyl (C=O) groups is 2. The van der Waals surface area contributed by atoms with Crippen LogP contribution in [0.25, 0.3) is 0 Å². The van der Waals surface area contributed by atoms with Gasteiger partial charge in [-0.05, 0) is 29.8 Å². The molecule has 0 atom stereocenters. The zero-order valence-corrected chi connectivity index (χ0v) is 12.7. The van der Waals surface area contributed by atoms with Crippen molar-refractivity contribution in [2.24, 2.45) is 0 Å². The lowest BCUT2D eigenvalue weighted by molar-refractivity contribution is -0.497. The molecule has 0 heterocycles. The molecule has 0 bridgehead atoms. The molecule has 0 spiro atoms. The molecule has 0 unspecified atom stereocenters. The summed E-state index contributed by atoms with van der Waals surface area (Å²) in [7, 11) is 0. The topological polar surface area (TPSA) is 106 Å². The van der Waals surface area contributed by atoms with Gasteiger partial charge in [0.25, 0.3) is 0 Å². The Labute approximate surface area is 137 Å². The van der Waals surface area contributed by atoms with Gasteiger partial charge in [-0.3, -0.25) is 15.2 Å². The maximum absolute atomic E-state index is 12.2. The molecule has 24 heavy (non-hydrogen) atoms. The summed E-state index contributed by atoms with van der Waals surface area (Å²) in [5, 5.41) is 16.5. The molecule has 0 aliphatic heterocycles. The van der Waals surface area contributed by atoms with E-state index in [1.165, 1.54) is 31.2 Å². The van der Waals surface area contributed by atoms with E-state index in [-0.39, 0.29) is 29.1 Å². The lowest BCUT2D eigenvalue weighted by Gasteiger charge is -2.09. The molecule has 8 nitrogen and oxygen atoms in total. The molecule has 2 aromatic carbocycles. The summed E-state index contributed by atoms with van der Waals surface area (Å²) in [5.74, 6) is -0.827. The van der Waals surface area contributed by atoms with Crippen LogP contribution in [0.1, 0.15) is 22.8 Å². The summed E-state index contributed by atoms with van der Waals surface area (Å²) in [6.07, 6.45) is 0. The molecule has 8 heteroatoms. The standard InChI is InChI=1S/C16H15NO7/c1-11(18)23-15-5-3-2-4-14(15)16(19)24-13-8-6-12(7-9-13)10-22-17(20)21/h2-9,20-21H,10H2,1H3. The molecule has 0 fully saturated rings. The average molecular weight is 333 g/mol. The van der Waals surface area contributed by atoms with Gasteiger partial charge in [0, 0.05) is 6.92 Å². The summed E-state index contributed by atoms with van der Waals surface area (Å²) in [6.45, 7) is 1.17. The highest BCUT2D eigenvalue weighted by atomic mass is 17.1. The van der Waals surface area contributed by atoms with Crippen molar-refractivity contribution in [3.8, 4) is 11.5 Å². The Kier molecular flexibility index (Phi) is 5.99. The highest BCUT2D eigenvalue weighted by Gasteiger charge is 2.15. The van der Waals surface area contributed by atoms with E-state index >= 15 is 0 Å². The number of ether oxygens (including phenoxy) is 2. The zero-order valence-electron chi connectivity index (χ0n) is 12.7. The third-order valence-electron chi connectivity index (χ3n) is 2.84. The van der Waals surface area contributed by atoms with Gasteiger partial charge >= 0.3 is 11.9 Å². The maximum atomic E-state index is 12.2. The fourth-order valence-electron chi connectivity index (χ4n) is 1.83. The van der Waals surface area contributed by atoms with Gasteiger partial charge in [0.05, 0.1) is 12.0 Å². The van der Waals surface area contributed by atoms with Crippen LogP contribution in [0.4, 0.5) is 0 Å².